The highest BCUT2D eigenvalue weighted by atomic mass is 16.1. The van der Waals surface area contributed by atoms with Gasteiger partial charge in [-0.25, -0.2) is 0 Å². The van der Waals surface area contributed by atoms with Crippen LogP contribution in [-0.2, 0) is 4.79 Å². The third kappa shape index (κ3) is 2.57. The van der Waals surface area contributed by atoms with Crippen molar-refractivity contribution in [1.29, 1.82) is 0 Å². The molecule has 0 aromatic rings. The molecule has 92 valence electrons. The van der Waals surface area contributed by atoms with Crippen LogP contribution in [0.4, 0.5) is 0 Å². The average molecular weight is 224 g/mol. The Hall–Kier alpha value is -0.570. The quantitative estimate of drug-likeness (QED) is 0.763. The van der Waals surface area contributed by atoms with E-state index in [4.69, 9.17) is 0 Å². The molecule has 0 aromatic heterocycles. The normalized spacial score (nSPS) is 30.8. The molecule has 2 aliphatic rings. The van der Waals surface area contributed by atoms with Crippen LogP contribution in [0.15, 0.2) is 0 Å². The number of hydrogen-bond acceptors (Lipinski definition) is 2. The van der Waals surface area contributed by atoms with Crippen LogP contribution >= 0.6 is 0 Å². The molecule has 1 heterocycles. The maximum Gasteiger partial charge on any atom is 0.223 e. The minimum absolute atomic E-state index is 0.171. The Bertz CT molecular complexity index is 271. The van der Waals surface area contributed by atoms with Crippen molar-refractivity contribution in [2.75, 3.05) is 13.1 Å². The minimum Gasteiger partial charge on any atom is -0.353 e. The lowest BCUT2D eigenvalue weighted by atomic mass is 9.88. The van der Waals surface area contributed by atoms with Crippen LogP contribution in [0.3, 0.4) is 0 Å². The van der Waals surface area contributed by atoms with Gasteiger partial charge in [0.2, 0.25) is 5.91 Å². The van der Waals surface area contributed by atoms with Gasteiger partial charge in [0.15, 0.2) is 0 Å². The number of carbonyl (C=O) groups is 1. The highest BCUT2D eigenvalue weighted by Crippen LogP contribution is 2.37. The molecule has 0 aromatic carbocycles. The van der Waals surface area contributed by atoms with E-state index in [0.29, 0.717) is 17.4 Å². The van der Waals surface area contributed by atoms with E-state index in [1.165, 1.54) is 6.42 Å². The first-order chi connectivity index (χ1) is 7.48. The maximum absolute atomic E-state index is 12.0. The molecule has 16 heavy (non-hydrogen) atoms. The van der Waals surface area contributed by atoms with Gasteiger partial charge in [-0.05, 0) is 43.7 Å². The van der Waals surface area contributed by atoms with Crippen molar-refractivity contribution in [3.05, 3.63) is 0 Å². The zero-order valence-corrected chi connectivity index (χ0v) is 10.7. The van der Waals surface area contributed by atoms with E-state index in [1.807, 2.05) is 0 Å². The Labute approximate surface area is 98.4 Å². The first-order valence-corrected chi connectivity index (χ1v) is 6.49. The lowest BCUT2D eigenvalue weighted by molar-refractivity contribution is -0.127. The number of rotatable bonds is 3. The van der Waals surface area contributed by atoms with Crippen LogP contribution in [0.25, 0.3) is 0 Å². The van der Waals surface area contributed by atoms with E-state index in [-0.39, 0.29) is 11.8 Å². The van der Waals surface area contributed by atoms with Gasteiger partial charge in [0.05, 0.1) is 0 Å². The molecule has 0 bridgehead atoms. The molecule has 0 spiro atoms. The molecule has 2 fully saturated rings. The molecular weight excluding hydrogens is 200 g/mol. The van der Waals surface area contributed by atoms with Crippen molar-refractivity contribution in [2.45, 2.75) is 46.1 Å². The third-order valence-electron chi connectivity index (χ3n) is 4.25. The second kappa shape index (κ2) is 4.36. The largest absolute Gasteiger partial charge is 0.353 e. The number of hydrogen-bond donors (Lipinski definition) is 2. The van der Waals surface area contributed by atoms with Gasteiger partial charge in [-0.15, -0.1) is 0 Å². The Kier molecular flexibility index (Phi) is 3.24. The fourth-order valence-electron chi connectivity index (χ4n) is 2.77. The first-order valence-electron chi connectivity index (χ1n) is 6.49. The SMILES string of the molecule is CC(C(=O)NC1CCC(C)(C)C1)C1CNC1. The Morgan fingerprint density at radius 2 is 2.12 bits per heavy atom. The Morgan fingerprint density at radius 1 is 1.44 bits per heavy atom. The molecule has 3 heteroatoms. The minimum atomic E-state index is 0.171. The Morgan fingerprint density at radius 3 is 2.56 bits per heavy atom. The summed E-state index contributed by atoms with van der Waals surface area (Å²) in [7, 11) is 0. The average Bonchev–Trinajstić information content (AvgIpc) is 2.42. The van der Waals surface area contributed by atoms with Gasteiger partial charge >= 0.3 is 0 Å². The van der Waals surface area contributed by atoms with Crippen molar-refractivity contribution < 1.29 is 4.79 Å². The first kappa shape index (κ1) is 11.9. The van der Waals surface area contributed by atoms with Crippen LogP contribution in [0.1, 0.15) is 40.0 Å². The summed E-state index contributed by atoms with van der Waals surface area (Å²) in [5, 5.41) is 6.44. The van der Waals surface area contributed by atoms with E-state index in [2.05, 4.69) is 31.4 Å². The van der Waals surface area contributed by atoms with Gasteiger partial charge in [-0.2, -0.15) is 0 Å². The smallest absolute Gasteiger partial charge is 0.223 e. The van der Waals surface area contributed by atoms with E-state index >= 15 is 0 Å². The van der Waals surface area contributed by atoms with Gasteiger partial charge in [0, 0.05) is 12.0 Å². The maximum atomic E-state index is 12.0. The zero-order valence-electron chi connectivity index (χ0n) is 10.7. The van der Waals surface area contributed by atoms with E-state index in [1.54, 1.807) is 0 Å². The molecule has 1 saturated carbocycles. The van der Waals surface area contributed by atoms with Gasteiger partial charge < -0.3 is 10.6 Å². The molecule has 1 amide bonds. The van der Waals surface area contributed by atoms with Crippen molar-refractivity contribution in [3.63, 3.8) is 0 Å². The van der Waals surface area contributed by atoms with Crippen molar-refractivity contribution in [3.8, 4) is 0 Å². The number of carbonyl (C=O) groups excluding carboxylic acids is 1. The molecule has 2 rings (SSSR count). The monoisotopic (exact) mass is 224 g/mol. The molecule has 2 atom stereocenters. The highest BCUT2D eigenvalue weighted by Gasteiger charge is 2.34. The molecule has 2 N–H and O–H groups in total. The van der Waals surface area contributed by atoms with Gasteiger partial charge in [-0.1, -0.05) is 20.8 Å². The van der Waals surface area contributed by atoms with Crippen LogP contribution in [0.2, 0.25) is 0 Å². The van der Waals surface area contributed by atoms with Gasteiger partial charge in [0.25, 0.3) is 0 Å². The highest BCUT2D eigenvalue weighted by molar-refractivity contribution is 5.79. The summed E-state index contributed by atoms with van der Waals surface area (Å²) in [6.45, 7) is 8.65. The fraction of sp³-hybridized carbons (Fsp3) is 0.923. The lowest BCUT2D eigenvalue weighted by Gasteiger charge is -2.32. The number of nitrogens with one attached hydrogen (secondary N) is 2. The molecule has 1 aliphatic carbocycles. The summed E-state index contributed by atoms with van der Waals surface area (Å²) in [5.41, 5.74) is 0.416. The molecule has 1 saturated heterocycles. The third-order valence-corrected chi connectivity index (χ3v) is 4.25. The van der Waals surface area contributed by atoms with E-state index < -0.39 is 0 Å². The molecule has 2 unspecified atom stereocenters. The lowest BCUT2D eigenvalue weighted by Crippen LogP contribution is -2.50. The predicted octanol–water partition coefficient (Wildman–Crippen LogP) is 1.54. The van der Waals surface area contributed by atoms with Crippen molar-refractivity contribution >= 4 is 5.91 Å². The summed E-state index contributed by atoms with van der Waals surface area (Å²) in [6.07, 6.45) is 3.51. The fourth-order valence-corrected chi connectivity index (χ4v) is 2.77. The zero-order chi connectivity index (χ0) is 11.8. The van der Waals surface area contributed by atoms with Crippen LogP contribution in [0, 0.1) is 17.3 Å². The second-order valence-electron chi connectivity index (χ2n) is 6.32. The summed E-state index contributed by atoms with van der Waals surface area (Å²) >= 11 is 0. The summed E-state index contributed by atoms with van der Waals surface area (Å²) in [5.74, 6) is 0.980. The standard InChI is InChI=1S/C13H24N2O/c1-9(10-7-14-8-10)12(16)15-11-4-5-13(2,3)6-11/h9-11,14H,4-8H2,1-3H3,(H,15,16). The second-order valence-corrected chi connectivity index (χ2v) is 6.32. The molecular formula is C13H24N2O. The molecule has 3 nitrogen and oxygen atoms in total. The molecule has 1 aliphatic heterocycles. The van der Waals surface area contributed by atoms with Gasteiger partial charge in [0.1, 0.15) is 0 Å². The van der Waals surface area contributed by atoms with Crippen molar-refractivity contribution in [2.24, 2.45) is 17.3 Å². The summed E-state index contributed by atoms with van der Waals surface area (Å²) in [4.78, 5) is 12.0. The number of amides is 1. The van der Waals surface area contributed by atoms with E-state index in [9.17, 15) is 4.79 Å². The molecule has 0 radical (unpaired) electrons. The van der Waals surface area contributed by atoms with Crippen LogP contribution in [0.5, 0.6) is 0 Å². The van der Waals surface area contributed by atoms with E-state index in [0.717, 1.165) is 25.9 Å². The topological polar surface area (TPSA) is 41.1 Å². The van der Waals surface area contributed by atoms with Crippen LogP contribution in [-0.4, -0.2) is 25.0 Å². The predicted molar refractivity (Wildman–Crippen MR) is 65.1 cm³/mol. The Balaban J connectivity index is 1.79. The van der Waals surface area contributed by atoms with Crippen LogP contribution < -0.4 is 10.6 Å². The summed E-state index contributed by atoms with van der Waals surface area (Å²) in [6, 6.07) is 0.415. The van der Waals surface area contributed by atoms with Crippen molar-refractivity contribution in [1.82, 2.24) is 10.6 Å². The van der Waals surface area contributed by atoms with Gasteiger partial charge in [-0.3, -0.25) is 4.79 Å². The summed E-state index contributed by atoms with van der Waals surface area (Å²) < 4.78 is 0.